The Labute approximate surface area is 119 Å². The maximum absolute atomic E-state index is 14.0. The SMILES string of the molecule is CCCn1c(C2(CC)CCNC2)nc2c(F)cccc21. The van der Waals surface area contributed by atoms with E-state index >= 15 is 0 Å². The van der Waals surface area contributed by atoms with Crippen LogP contribution >= 0.6 is 0 Å². The standard InChI is InChI=1S/C16H22FN3/c1-3-10-20-13-7-5-6-12(17)14(13)19-15(20)16(4-2)8-9-18-11-16/h5-7,18H,3-4,8-11H2,1-2H3. The third kappa shape index (κ3) is 1.94. The summed E-state index contributed by atoms with van der Waals surface area (Å²) < 4.78 is 16.3. The number of halogens is 1. The molecule has 3 rings (SSSR count). The second kappa shape index (κ2) is 5.17. The normalized spacial score (nSPS) is 22.8. The Morgan fingerprint density at radius 3 is 2.90 bits per heavy atom. The minimum atomic E-state index is -0.212. The monoisotopic (exact) mass is 275 g/mol. The van der Waals surface area contributed by atoms with Crippen molar-refractivity contribution in [1.29, 1.82) is 0 Å². The molecule has 2 aromatic rings. The summed E-state index contributed by atoms with van der Waals surface area (Å²) in [5.74, 6) is 0.850. The number of aryl methyl sites for hydroxylation is 1. The fourth-order valence-electron chi connectivity index (χ4n) is 3.36. The average Bonchev–Trinajstić information content (AvgIpc) is 3.06. The van der Waals surface area contributed by atoms with E-state index in [-0.39, 0.29) is 11.2 Å². The first kappa shape index (κ1) is 13.6. The number of imidazole rings is 1. The van der Waals surface area contributed by atoms with Crippen LogP contribution in [0.25, 0.3) is 11.0 Å². The van der Waals surface area contributed by atoms with Crippen molar-refractivity contribution in [3.05, 3.63) is 29.8 Å². The lowest BCUT2D eigenvalue weighted by Gasteiger charge is -2.27. The lowest BCUT2D eigenvalue weighted by molar-refractivity contribution is 0.404. The Bertz CT molecular complexity index is 611. The number of para-hydroxylation sites is 1. The van der Waals surface area contributed by atoms with Gasteiger partial charge in [-0.15, -0.1) is 0 Å². The molecule has 0 bridgehead atoms. The van der Waals surface area contributed by atoms with Gasteiger partial charge in [-0.25, -0.2) is 9.37 Å². The van der Waals surface area contributed by atoms with Crippen LogP contribution in [-0.4, -0.2) is 22.6 Å². The van der Waals surface area contributed by atoms with E-state index in [0.717, 1.165) is 50.2 Å². The van der Waals surface area contributed by atoms with Gasteiger partial charge in [0.15, 0.2) is 5.82 Å². The molecular weight excluding hydrogens is 253 g/mol. The molecule has 4 heteroatoms. The maximum atomic E-state index is 14.0. The second-order valence-electron chi connectivity index (χ2n) is 5.76. The molecule has 1 aromatic heterocycles. The van der Waals surface area contributed by atoms with Crippen LogP contribution in [0, 0.1) is 5.82 Å². The summed E-state index contributed by atoms with van der Waals surface area (Å²) in [5, 5.41) is 3.44. The minimum absolute atomic E-state index is 0.0562. The van der Waals surface area contributed by atoms with Crippen LogP contribution in [0.15, 0.2) is 18.2 Å². The fraction of sp³-hybridized carbons (Fsp3) is 0.562. The Kier molecular flexibility index (Phi) is 3.50. The Balaban J connectivity index is 2.23. The molecule has 0 aliphatic carbocycles. The predicted molar refractivity (Wildman–Crippen MR) is 79.4 cm³/mol. The van der Waals surface area contributed by atoms with Crippen molar-refractivity contribution >= 4 is 11.0 Å². The molecule has 1 N–H and O–H groups in total. The number of nitrogens with zero attached hydrogens (tertiary/aromatic N) is 2. The summed E-state index contributed by atoms with van der Waals surface area (Å²) in [6.07, 6.45) is 3.15. The molecular formula is C16H22FN3. The minimum Gasteiger partial charge on any atom is -0.327 e. The number of nitrogens with one attached hydrogen (secondary N) is 1. The van der Waals surface area contributed by atoms with Crippen molar-refractivity contribution in [2.45, 2.75) is 45.1 Å². The van der Waals surface area contributed by atoms with Gasteiger partial charge in [0.1, 0.15) is 11.3 Å². The van der Waals surface area contributed by atoms with Crippen molar-refractivity contribution < 1.29 is 4.39 Å². The molecule has 20 heavy (non-hydrogen) atoms. The molecule has 1 aliphatic heterocycles. The van der Waals surface area contributed by atoms with E-state index in [1.54, 1.807) is 6.07 Å². The van der Waals surface area contributed by atoms with Crippen molar-refractivity contribution in [1.82, 2.24) is 14.9 Å². The predicted octanol–water partition coefficient (Wildman–Crippen LogP) is 3.23. The first-order valence-electron chi connectivity index (χ1n) is 7.58. The average molecular weight is 275 g/mol. The van der Waals surface area contributed by atoms with Crippen molar-refractivity contribution in [3.8, 4) is 0 Å². The summed E-state index contributed by atoms with van der Waals surface area (Å²) >= 11 is 0. The molecule has 1 saturated heterocycles. The molecule has 108 valence electrons. The zero-order valence-electron chi connectivity index (χ0n) is 12.2. The quantitative estimate of drug-likeness (QED) is 0.928. The van der Waals surface area contributed by atoms with Crippen LogP contribution in [0.3, 0.4) is 0 Å². The van der Waals surface area contributed by atoms with Gasteiger partial charge >= 0.3 is 0 Å². The van der Waals surface area contributed by atoms with Crippen LogP contribution in [0.5, 0.6) is 0 Å². The summed E-state index contributed by atoms with van der Waals surface area (Å²) in [5.41, 5.74) is 1.51. The van der Waals surface area contributed by atoms with Crippen LogP contribution in [0.1, 0.15) is 38.9 Å². The zero-order valence-corrected chi connectivity index (χ0v) is 12.2. The molecule has 0 radical (unpaired) electrons. The Morgan fingerprint density at radius 1 is 1.40 bits per heavy atom. The van der Waals surface area contributed by atoms with E-state index < -0.39 is 0 Å². The van der Waals surface area contributed by atoms with Gasteiger partial charge in [-0.1, -0.05) is 19.9 Å². The Morgan fingerprint density at radius 2 is 2.25 bits per heavy atom. The molecule has 1 fully saturated rings. The van der Waals surface area contributed by atoms with Crippen LogP contribution in [-0.2, 0) is 12.0 Å². The highest BCUT2D eigenvalue weighted by molar-refractivity contribution is 5.77. The van der Waals surface area contributed by atoms with Gasteiger partial charge in [-0.3, -0.25) is 0 Å². The van der Waals surface area contributed by atoms with Gasteiger partial charge in [0.2, 0.25) is 0 Å². The van der Waals surface area contributed by atoms with Gasteiger partial charge in [-0.2, -0.15) is 0 Å². The number of hydrogen-bond donors (Lipinski definition) is 1. The molecule has 1 unspecified atom stereocenters. The van der Waals surface area contributed by atoms with E-state index in [2.05, 4.69) is 23.7 Å². The maximum Gasteiger partial charge on any atom is 0.151 e. The third-order valence-electron chi connectivity index (χ3n) is 4.57. The van der Waals surface area contributed by atoms with Crippen LogP contribution in [0.2, 0.25) is 0 Å². The van der Waals surface area contributed by atoms with E-state index in [0.29, 0.717) is 5.52 Å². The highest BCUT2D eigenvalue weighted by Gasteiger charge is 2.38. The molecule has 0 saturated carbocycles. The zero-order chi connectivity index (χ0) is 14.2. The number of hydrogen-bond acceptors (Lipinski definition) is 2. The van der Waals surface area contributed by atoms with E-state index in [9.17, 15) is 4.39 Å². The van der Waals surface area contributed by atoms with E-state index in [1.807, 2.05) is 6.07 Å². The van der Waals surface area contributed by atoms with Crippen LogP contribution < -0.4 is 5.32 Å². The molecule has 2 heterocycles. The molecule has 1 aromatic carbocycles. The first-order valence-corrected chi connectivity index (χ1v) is 7.58. The first-order chi connectivity index (χ1) is 9.72. The smallest absolute Gasteiger partial charge is 0.151 e. The molecule has 0 spiro atoms. The number of benzene rings is 1. The third-order valence-corrected chi connectivity index (χ3v) is 4.57. The summed E-state index contributed by atoms with van der Waals surface area (Å²) in [7, 11) is 0. The lowest BCUT2D eigenvalue weighted by Crippen LogP contribution is -2.32. The van der Waals surface area contributed by atoms with Gasteiger partial charge in [0, 0.05) is 18.5 Å². The van der Waals surface area contributed by atoms with E-state index in [4.69, 9.17) is 4.98 Å². The van der Waals surface area contributed by atoms with Gasteiger partial charge in [0.25, 0.3) is 0 Å². The molecule has 1 aliphatic rings. The highest BCUT2D eigenvalue weighted by atomic mass is 19.1. The topological polar surface area (TPSA) is 29.9 Å². The fourth-order valence-corrected chi connectivity index (χ4v) is 3.36. The largest absolute Gasteiger partial charge is 0.327 e. The van der Waals surface area contributed by atoms with Crippen molar-refractivity contribution in [2.75, 3.05) is 13.1 Å². The number of aromatic nitrogens is 2. The summed E-state index contributed by atoms with van der Waals surface area (Å²) in [4.78, 5) is 4.70. The Hall–Kier alpha value is -1.42. The number of rotatable bonds is 4. The molecule has 3 nitrogen and oxygen atoms in total. The number of fused-ring (bicyclic) bond motifs is 1. The van der Waals surface area contributed by atoms with E-state index in [1.165, 1.54) is 6.07 Å². The van der Waals surface area contributed by atoms with Crippen molar-refractivity contribution in [2.24, 2.45) is 0 Å². The molecule has 1 atom stereocenters. The summed E-state index contributed by atoms with van der Waals surface area (Å²) in [6.45, 7) is 7.22. The van der Waals surface area contributed by atoms with Gasteiger partial charge in [-0.05, 0) is 37.9 Å². The van der Waals surface area contributed by atoms with Gasteiger partial charge in [0.05, 0.1) is 5.52 Å². The molecule has 0 amide bonds. The van der Waals surface area contributed by atoms with Crippen molar-refractivity contribution in [3.63, 3.8) is 0 Å². The van der Waals surface area contributed by atoms with Crippen LogP contribution in [0.4, 0.5) is 4.39 Å². The second-order valence-corrected chi connectivity index (χ2v) is 5.76. The highest BCUT2D eigenvalue weighted by Crippen LogP contribution is 2.36. The van der Waals surface area contributed by atoms with Gasteiger partial charge < -0.3 is 9.88 Å². The lowest BCUT2D eigenvalue weighted by atomic mass is 9.83. The summed E-state index contributed by atoms with van der Waals surface area (Å²) in [6, 6.07) is 5.26.